The summed E-state index contributed by atoms with van der Waals surface area (Å²) in [5.41, 5.74) is 7.05. The minimum atomic E-state index is -0.133. The predicted octanol–water partition coefficient (Wildman–Crippen LogP) is 1.27. The maximum atomic E-state index is 11.7. The minimum Gasteiger partial charge on any atom is -0.353 e. The first-order valence-electron chi connectivity index (χ1n) is 6.12. The normalized spacial score (nSPS) is 22.6. The van der Waals surface area contributed by atoms with Crippen LogP contribution in [0.15, 0.2) is 28.7 Å². The SMILES string of the molecule is CC1C(=O)NCCN1C(CN)c1cccc(Br)c1. The van der Waals surface area contributed by atoms with Gasteiger partial charge in [-0.3, -0.25) is 9.69 Å². The van der Waals surface area contributed by atoms with E-state index in [1.807, 2.05) is 19.1 Å². The van der Waals surface area contributed by atoms with Crippen LogP contribution in [0.3, 0.4) is 0 Å². The highest BCUT2D eigenvalue weighted by atomic mass is 79.9. The Morgan fingerprint density at radius 3 is 3.06 bits per heavy atom. The number of benzene rings is 1. The average Bonchev–Trinajstić information content (AvgIpc) is 2.35. The molecule has 1 aliphatic rings. The monoisotopic (exact) mass is 311 g/mol. The molecule has 1 aromatic rings. The van der Waals surface area contributed by atoms with Gasteiger partial charge in [-0.25, -0.2) is 0 Å². The van der Waals surface area contributed by atoms with E-state index in [-0.39, 0.29) is 18.0 Å². The summed E-state index contributed by atoms with van der Waals surface area (Å²) < 4.78 is 1.03. The number of carbonyl (C=O) groups excluding carboxylic acids is 1. The molecule has 0 aliphatic carbocycles. The zero-order valence-electron chi connectivity index (χ0n) is 10.4. The smallest absolute Gasteiger partial charge is 0.237 e. The van der Waals surface area contributed by atoms with Crippen LogP contribution in [-0.4, -0.2) is 36.5 Å². The second kappa shape index (κ2) is 5.82. The lowest BCUT2D eigenvalue weighted by Gasteiger charge is -2.38. The van der Waals surface area contributed by atoms with Crippen molar-refractivity contribution in [2.45, 2.75) is 19.0 Å². The van der Waals surface area contributed by atoms with E-state index in [2.05, 4.69) is 38.3 Å². The van der Waals surface area contributed by atoms with Crippen LogP contribution in [0, 0.1) is 0 Å². The van der Waals surface area contributed by atoms with Crippen molar-refractivity contribution in [2.75, 3.05) is 19.6 Å². The average molecular weight is 312 g/mol. The largest absolute Gasteiger partial charge is 0.353 e. The van der Waals surface area contributed by atoms with Crippen LogP contribution >= 0.6 is 15.9 Å². The Balaban J connectivity index is 2.25. The molecular formula is C13H18BrN3O. The van der Waals surface area contributed by atoms with Gasteiger partial charge in [0, 0.05) is 30.1 Å². The van der Waals surface area contributed by atoms with Gasteiger partial charge in [-0.05, 0) is 24.6 Å². The highest BCUT2D eigenvalue weighted by Gasteiger charge is 2.31. The van der Waals surface area contributed by atoms with E-state index < -0.39 is 0 Å². The van der Waals surface area contributed by atoms with Gasteiger partial charge in [0.1, 0.15) is 0 Å². The molecule has 1 heterocycles. The van der Waals surface area contributed by atoms with Gasteiger partial charge in [-0.2, -0.15) is 0 Å². The quantitative estimate of drug-likeness (QED) is 0.884. The van der Waals surface area contributed by atoms with Crippen molar-refractivity contribution in [3.63, 3.8) is 0 Å². The topological polar surface area (TPSA) is 58.4 Å². The molecule has 1 aliphatic heterocycles. The molecule has 2 atom stereocenters. The van der Waals surface area contributed by atoms with Crippen molar-refractivity contribution in [1.82, 2.24) is 10.2 Å². The molecule has 1 aromatic carbocycles. The lowest BCUT2D eigenvalue weighted by molar-refractivity contribution is -0.129. The predicted molar refractivity (Wildman–Crippen MR) is 75.1 cm³/mol. The third kappa shape index (κ3) is 2.74. The number of nitrogens with two attached hydrogens (primary N) is 1. The fraction of sp³-hybridized carbons (Fsp3) is 0.462. The summed E-state index contributed by atoms with van der Waals surface area (Å²) >= 11 is 3.47. The lowest BCUT2D eigenvalue weighted by Crippen LogP contribution is -2.55. The van der Waals surface area contributed by atoms with Gasteiger partial charge in [0.2, 0.25) is 5.91 Å². The van der Waals surface area contributed by atoms with Crippen LogP contribution in [0.1, 0.15) is 18.5 Å². The molecule has 5 heteroatoms. The third-order valence-corrected chi connectivity index (χ3v) is 3.90. The van der Waals surface area contributed by atoms with E-state index >= 15 is 0 Å². The molecule has 2 rings (SSSR count). The zero-order valence-corrected chi connectivity index (χ0v) is 12.0. The highest BCUT2D eigenvalue weighted by Crippen LogP contribution is 2.25. The van der Waals surface area contributed by atoms with Crippen LogP contribution in [0.5, 0.6) is 0 Å². The van der Waals surface area contributed by atoms with E-state index in [0.717, 1.165) is 16.6 Å². The molecule has 1 fully saturated rings. The number of nitrogens with one attached hydrogen (secondary N) is 1. The van der Waals surface area contributed by atoms with Gasteiger partial charge in [0.25, 0.3) is 0 Å². The van der Waals surface area contributed by atoms with Gasteiger partial charge < -0.3 is 11.1 Å². The maximum absolute atomic E-state index is 11.7. The van der Waals surface area contributed by atoms with E-state index in [1.165, 1.54) is 0 Å². The standard InChI is InChI=1S/C13H18BrN3O/c1-9-13(18)16-5-6-17(9)12(8-15)10-3-2-4-11(14)7-10/h2-4,7,9,12H,5-6,8,15H2,1H3,(H,16,18). The first kappa shape index (κ1) is 13.5. The Bertz CT molecular complexity index is 438. The van der Waals surface area contributed by atoms with Crippen molar-refractivity contribution in [3.05, 3.63) is 34.3 Å². The number of hydrogen-bond donors (Lipinski definition) is 2. The Kier molecular flexibility index (Phi) is 4.37. The number of piperazine rings is 1. The minimum absolute atomic E-state index is 0.0784. The number of rotatable bonds is 3. The molecule has 98 valence electrons. The molecule has 0 radical (unpaired) electrons. The number of nitrogens with zero attached hydrogens (tertiary/aromatic N) is 1. The van der Waals surface area contributed by atoms with E-state index in [4.69, 9.17) is 5.73 Å². The summed E-state index contributed by atoms with van der Waals surface area (Å²) in [5, 5.41) is 2.87. The summed E-state index contributed by atoms with van der Waals surface area (Å²) in [5.74, 6) is 0.0784. The molecule has 3 N–H and O–H groups in total. The van der Waals surface area contributed by atoms with Gasteiger partial charge in [0.15, 0.2) is 0 Å². The molecule has 0 bridgehead atoms. The number of halogens is 1. The number of amides is 1. The van der Waals surface area contributed by atoms with Crippen molar-refractivity contribution >= 4 is 21.8 Å². The Morgan fingerprint density at radius 2 is 2.39 bits per heavy atom. The first-order chi connectivity index (χ1) is 8.63. The lowest BCUT2D eigenvalue weighted by atomic mass is 10.0. The number of carbonyl (C=O) groups is 1. The summed E-state index contributed by atoms with van der Waals surface area (Å²) in [6.07, 6.45) is 0. The van der Waals surface area contributed by atoms with Crippen LogP contribution in [0.25, 0.3) is 0 Å². The van der Waals surface area contributed by atoms with Gasteiger partial charge in [-0.1, -0.05) is 28.1 Å². The molecule has 18 heavy (non-hydrogen) atoms. The summed E-state index contributed by atoms with van der Waals surface area (Å²) in [7, 11) is 0. The molecular weight excluding hydrogens is 294 g/mol. The van der Waals surface area contributed by atoms with Crippen LogP contribution in [0.2, 0.25) is 0 Å². The fourth-order valence-electron chi connectivity index (χ4n) is 2.40. The Hall–Kier alpha value is -0.910. The van der Waals surface area contributed by atoms with Gasteiger partial charge in [0.05, 0.1) is 6.04 Å². The summed E-state index contributed by atoms with van der Waals surface area (Å²) in [6.45, 7) is 3.96. The molecule has 2 unspecified atom stereocenters. The van der Waals surface area contributed by atoms with Crippen LogP contribution in [-0.2, 0) is 4.79 Å². The van der Waals surface area contributed by atoms with Gasteiger partial charge >= 0.3 is 0 Å². The molecule has 1 amide bonds. The van der Waals surface area contributed by atoms with E-state index in [1.54, 1.807) is 0 Å². The zero-order chi connectivity index (χ0) is 13.1. The van der Waals surface area contributed by atoms with Crippen molar-refractivity contribution in [2.24, 2.45) is 5.73 Å². The van der Waals surface area contributed by atoms with E-state index in [0.29, 0.717) is 13.1 Å². The molecule has 4 nitrogen and oxygen atoms in total. The third-order valence-electron chi connectivity index (χ3n) is 3.40. The molecule has 0 spiro atoms. The van der Waals surface area contributed by atoms with Crippen molar-refractivity contribution in [3.8, 4) is 0 Å². The fourth-order valence-corrected chi connectivity index (χ4v) is 2.82. The Labute approximate surface area is 116 Å². The second-order valence-corrected chi connectivity index (χ2v) is 5.43. The Morgan fingerprint density at radius 1 is 1.61 bits per heavy atom. The molecule has 0 saturated carbocycles. The van der Waals surface area contributed by atoms with Crippen LogP contribution in [0.4, 0.5) is 0 Å². The highest BCUT2D eigenvalue weighted by molar-refractivity contribution is 9.10. The maximum Gasteiger partial charge on any atom is 0.237 e. The first-order valence-corrected chi connectivity index (χ1v) is 6.91. The van der Waals surface area contributed by atoms with E-state index in [9.17, 15) is 4.79 Å². The summed E-state index contributed by atoms with van der Waals surface area (Å²) in [6, 6.07) is 8.06. The van der Waals surface area contributed by atoms with Crippen LogP contribution < -0.4 is 11.1 Å². The van der Waals surface area contributed by atoms with Crippen molar-refractivity contribution in [1.29, 1.82) is 0 Å². The number of hydrogen-bond acceptors (Lipinski definition) is 3. The molecule has 1 saturated heterocycles. The van der Waals surface area contributed by atoms with Gasteiger partial charge in [-0.15, -0.1) is 0 Å². The molecule has 0 aromatic heterocycles. The summed E-state index contributed by atoms with van der Waals surface area (Å²) in [4.78, 5) is 13.9. The second-order valence-electron chi connectivity index (χ2n) is 4.51. The van der Waals surface area contributed by atoms with Crippen molar-refractivity contribution < 1.29 is 4.79 Å².